The first kappa shape index (κ1) is 7.13. The van der Waals surface area contributed by atoms with Crippen molar-refractivity contribution in [1.82, 2.24) is 0 Å². The summed E-state index contributed by atoms with van der Waals surface area (Å²) in [5.74, 6) is 0.0971. The maximum atomic E-state index is 10.6. The van der Waals surface area contributed by atoms with Crippen LogP contribution in [-0.2, 0) is 11.5 Å². The molecule has 0 aliphatic rings. The Morgan fingerprint density at radius 1 is 1.20 bits per heavy atom. The SMILES string of the molecule is CCCc1ccc([O])cc1. The highest BCUT2D eigenvalue weighted by Gasteiger charge is 1.90. The smallest absolute Gasteiger partial charge is 0.178 e. The van der Waals surface area contributed by atoms with E-state index in [1.54, 1.807) is 12.1 Å². The molecule has 0 N–H and O–H groups in total. The van der Waals surface area contributed by atoms with E-state index < -0.39 is 0 Å². The van der Waals surface area contributed by atoms with Crippen LogP contribution in [0, 0.1) is 0 Å². The van der Waals surface area contributed by atoms with Crippen molar-refractivity contribution in [2.45, 2.75) is 19.8 Å². The van der Waals surface area contributed by atoms with Gasteiger partial charge in [-0.2, -0.15) is 0 Å². The predicted molar refractivity (Wildman–Crippen MR) is 40.6 cm³/mol. The third-order valence-corrected chi connectivity index (χ3v) is 1.46. The number of hydrogen-bond acceptors (Lipinski definition) is 0. The summed E-state index contributed by atoms with van der Waals surface area (Å²) in [6, 6.07) is 7.02. The van der Waals surface area contributed by atoms with Crippen molar-refractivity contribution < 1.29 is 5.11 Å². The molecule has 0 saturated carbocycles. The lowest BCUT2D eigenvalue weighted by atomic mass is 10.1. The van der Waals surface area contributed by atoms with Crippen LogP contribution in [0.2, 0.25) is 0 Å². The van der Waals surface area contributed by atoms with E-state index in [0.29, 0.717) is 0 Å². The van der Waals surface area contributed by atoms with E-state index >= 15 is 0 Å². The van der Waals surface area contributed by atoms with Gasteiger partial charge in [0.05, 0.1) is 0 Å². The van der Waals surface area contributed by atoms with Crippen LogP contribution in [0.3, 0.4) is 0 Å². The van der Waals surface area contributed by atoms with Gasteiger partial charge < -0.3 is 0 Å². The van der Waals surface area contributed by atoms with Crippen LogP contribution in [0.25, 0.3) is 0 Å². The van der Waals surface area contributed by atoms with E-state index in [2.05, 4.69) is 6.92 Å². The van der Waals surface area contributed by atoms with Gasteiger partial charge in [0.25, 0.3) is 0 Å². The fraction of sp³-hybridized carbons (Fsp3) is 0.333. The van der Waals surface area contributed by atoms with Crippen molar-refractivity contribution >= 4 is 0 Å². The van der Waals surface area contributed by atoms with Crippen LogP contribution in [0.1, 0.15) is 18.9 Å². The molecule has 1 radical (unpaired) electrons. The lowest BCUT2D eigenvalue weighted by Crippen LogP contribution is -1.79. The Labute approximate surface area is 61.3 Å². The first-order chi connectivity index (χ1) is 4.83. The van der Waals surface area contributed by atoms with Gasteiger partial charge in [0.15, 0.2) is 5.75 Å². The van der Waals surface area contributed by atoms with E-state index in [1.807, 2.05) is 12.1 Å². The molecule has 0 amide bonds. The van der Waals surface area contributed by atoms with Crippen molar-refractivity contribution in [1.29, 1.82) is 0 Å². The normalized spacial score (nSPS) is 9.70. The molecule has 0 atom stereocenters. The van der Waals surface area contributed by atoms with Gasteiger partial charge in [-0.1, -0.05) is 25.5 Å². The van der Waals surface area contributed by atoms with Gasteiger partial charge in [-0.15, -0.1) is 0 Å². The Morgan fingerprint density at radius 3 is 2.30 bits per heavy atom. The van der Waals surface area contributed by atoms with Crippen LogP contribution in [-0.4, -0.2) is 0 Å². The van der Waals surface area contributed by atoms with Crippen molar-refractivity contribution in [3.05, 3.63) is 29.8 Å². The Morgan fingerprint density at radius 2 is 1.80 bits per heavy atom. The van der Waals surface area contributed by atoms with Crippen molar-refractivity contribution in [2.75, 3.05) is 0 Å². The molecule has 0 aromatic heterocycles. The fourth-order valence-electron chi connectivity index (χ4n) is 0.945. The second-order valence-corrected chi connectivity index (χ2v) is 2.39. The highest BCUT2D eigenvalue weighted by Crippen LogP contribution is 2.11. The molecule has 0 aliphatic heterocycles. The van der Waals surface area contributed by atoms with Crippen molar-refractivity contribution in [3.63, 3.8) is 0 Å². The summed E-state index contributed by atoms with van der Waals surface area (Å²) in [5, 5.41) is 10.6. The zero-order valence-corrected chi connectivity index (χ0v) is 6.13. The minimum Gasteiger partial charge on any atom is -0.290 e. The lowest BCUT2D eigenvalue weighted by Gasteiger charge is -1.95. The molecule has 0 aliphatic carbocycles. The third-order valence-electron chi connectivity index (χ3n) is 1.46. The molecule has 0 fully saturated rings. The summed E-state index contributed by atoms with van der Waals surface area (Å²) in [5.41, 5.74) is 1.25. The summed E-state index contributed by atoms with van der Waals surface area (Å²) in [6.45, 7) is 2.13. The van der Waals surface area contributed by atoms with Crippen LogP contribution < -0.4 is 0 Å². The first-order valence-electron chi connectivity index (χ1n) is 3.59. The third kappa shape index (κ3) is 1.76. The topological polar surface area (TPSA) is 19.9 Å². The first-order valence-corrected chi connectivity index (χ1v) is 3.59. The number of benzene rings is 1. The van der Waals surface area contributed by atoms with Gasteiger partial charge in [0.2, 0.25) is 0 Å². The Hall–Kier alpha value is -0.980. The molecule has 0 unspecified atom stereocenters. The summed E-state index contributed by atoms with van der Waals surface area (Å²) in [6.07, 6.45) is 2.21. The van der Waals surface area contributed by atoms with Gasteiger partial charge in [-0.25, -0.2) is 0 Å². The quantitative estimate of drug-likeness (QED) is 0.594. The largest absolute Gasteiger partial charge is 0.290 e. The molecule has 1 aromatic carbocycles. The molecule has 53 valence electrons. The number of aryl methyl sites for hydroxylation is 1. The highest BCUT2D eigenvalue weighted by molar-refractivity contribution is 5.25. The Balaban J connectivity index is 2.69. The molecular formula is C9H11O. The standard InChI is InChI=1S/C9H11O/c1-2-3-8-4-6-9(10)7-5-8/h4-7H,2-3H2,1H3. The van der Waals surface area contributed by atoms with Crippen molar-refractivity contribution in [2.24, 2.45) is 0 Å². The molecule has 1 aromatic rings. The number of rotatable bonds is 2. The second-order valence-electron chi connectivity index (χ2n) is 2.39. The zero-order chi connectivity index (χ0) is 7.40. The molecule has 1 nitrogen and oxygen atoms in total. The van der Waals surface area contributed by atoms with Gasteiger partial charge in [-0.3, -0.25) is 5.11 Å². The molecule has 10 heavy (non-hydrogen) atoms. The molecular weight excluding hydrogens is 124 g/mol. The van der Waals surface area contributed by atoms with Gasteiger partial charge in [-0.05, 0) is 24.1 Å². The maximum absolute atomic E-state index is 10.6. The summed E-state index contributed by atoms with van der Waals surface area (Å²) >= 11 is 0. The Kier molecular flexibility index (Phi) is 2.32. The summed E-state index contributed by atoms with van der Waals surface area (Å²) < 4.78 is 0. The summed E-state index contributed by atoms with van der Waals surface area (Å²) in [4.78, 5) is 0. The van der Waals surface area contributed by atoms with E-state index in [9.17, 15) is 5.11 Å². The monoisotopic (exact) mass is 135 g/mol. The average molecular weight is 135 g/mol. The van der Waals surface area contributed by atoms with E-state index in [4.69, 9.17) is 0 Å². The van der Waals surface area contributed by atoms with Crippen LogP contribution >= 0.6 is 0 Å². The van der Waals surface area contributed by atoms with Gasteiger partial charge >= 0.3 is 0 Å². The minimum absolute atomic E-state index is 0.0971. The maximum Gasteiger partial charge on any atom is 0.178 e. The van der Waals surface area contributed by atoms with Crippen LogP contribution in [0.15, 0.2) is 24.3 Å². The van der Waals surface area contributed by atoms with E-state index in [-0.39, 0.29) is 5.75 Å². The van der Waals surface area contributed by atoms with Crippen molar-refractivity contribution in [3.8, 4) is 5.75 Å². The van der Waals surface area contributed by atoms with E-state index in [1.165, 1.54) is 5.56 Å². The predicted octanol–water partition coefficient (Wildman–Crippen LogP) is 2.78. The zero-order valence-electron chi connectivity index (χ0n) is 6.13. The average Bonchev–Trinajstić information content (AvgIpc) is 1.95. The highest BCUT2D eigenvalue weighted by atomic mass is 16.3. The van der Waals surface area contributed by atoms with Crippen LogP contribution in [0.5, 0.6) is 5.75 Å². The minimum atomic E-state index is 0.0971. The number of hydrogen-bond donors (Lipinski definition) is 0. The molecule has 0 spiro atoms. The van der Waals surface area contributed by atoms with Gasteiger partial charge in [0, 0.05) is 0 Å². The summed E-state index contributed by atoms with van der Waals surface area (Å²) in [7, 11) is 0. The molecule has 0 bridgehead atoms. The molecule has 1 heteroatoms. The van der Waals surface area contributed by atoms with Gasteiger partial charge in [0.1, 0.15) is 0 Å². The Bertz CT molecular complexity index is 188. The molecule has 0 heterocycles. The van der Waals surface area contributed by atoms with Crippen LogP contribution in [0.4, 0.5) is 0 Å². The fourth-order valence-corrected chi connectivity index (χ4v) is 0.945. The lowest BCUT2D eigenvalue weighted by molar-refractivity contribution is 0.355. The van der Waals surface area contributed by atoms with E-state index in [0.717, 1.165) is 12.8 Å². The molecule has 1 rings (SSSR count). The molecule has 0 saturated heterocycles. The second kappa shape index (κ2) is 3.25.